The van der Waals surface area contributed by atoms with Gasteiger partial charge in [-0.25, -0.2) is 0 Å². The van der Waals surface area contributed by atoms with Gasteiger partial charge in [0.05, 0.1) is 18.9 Å². The van der Waals surface area contributed by atoms with Gasteiger partial charge < -0.3 is 20.1 Å². The van der Waals surface area contributed by atoms with Crippen LogP contribution in [0.15, 0.2) is 18.2 Å². The van der Waals surface area contributed by atoms with Gasteiger partial charge in [-0.1, -0.05) is 0 Å². The molecule has 0 bridgehead atoms. The number of hydrogen-bond donors (Lipinski definition) is 1. The van der Waals surface area contributed by atoms with Crippen molar-refractivity contribution in [3.63, 3.8) is 0 Å². The molecule has 4 nitrogen and oxygen atoms in total. The Morgan fingerprint density at radius 3 is 2.74 bits per heavy atom. The zero-order chi connectivity index (χ0) is 13.7. The molecule has 1 atom stereocenters. The first-order chi connectivity index (χ1) is 9.24. The lowest BCUT2D eigenvalue weighted by atomic mass is 10.1. The molecule has 1 saturated heterocycles. The highest BCUT2D eigenvalue weighted by atomic mass is 16.5. The molecule has 0 spiro atoms. The highest BCUT2D eigenvalue weighted by molar-refractivity contribution is 5.62. The fourth-order valence-corrected chi connectivity index (χ4v) is 2.51. The molecule has 1 unspecified atom stereocenters. The number of nitrogens with two attached hydrogens (primary N) is 1. The SMILES string of the molecule is CCOc1ccc(OCC)c(N2CCCC(N)C2)c1. The van der Waals surface area contributed by atoms with Crippen LogP contribution in [-0.2, 0) is 0 Å². The smallest absolute Gasteiger partial charge is 0.142 e. The Morgan fingerprint density at radius 2 is 2.05 bits per heavy atom. The summed E-state index contributed by atoms with van der Waals surface area (Å²) in [4.78, 5) is 2.31. The Kier molecular flexibility index (Phi) is 4.91. The minimum absolute atomic E-state index is 0.249. The summed E-state index contributed by atoms with van der Waals surface area (Å²) in [6.07, 6.45) is 2.23. The normalized spacial score (nSPS) is 19.3. The number of benzene rings is 1. The monoisotopic (exact) mass is 264 g/mol. The summed E-state index contributed by atoms with van der Waals surface area (Å²) in [7, 11) is 0. The van der Waals surface area contributed by atoms with Crippen molar-refractivity contribution in [2.45, 2.75) is 32.7 Å². The van der Waals surface area contributed by atoms with Crippen LogP contribution < -0.4 is 20.1 Å². The first kappa shape index (κ1) is 14.0. The summed E-state index contributed by atoms with van der Waals surface area (Å²) in [5.74, 6) is 1.81. The van der Waals surface area contributed by atoms with Crippen LogP contribution in [0.2, 0.25) is 0 Å². The van der Waals surface area contributed by atoms with Crippen LogP contribution in [0.4, 0.5) is 5.69 Å². The van der Waals surface area contributed by atoms with Crippen molar-refractivity contribution < 1.29 is 9.47 Å². The fourth-order valence-electron chi connectivity index (χ4n) is 2.51. The zero-order valence-electron chi connectivity index (χ0n) is 11.9. The van der Waals surface area contributed by atoms with Crippen LogP contribution in [-0.4, -0.2) is 32.3 Å². The highest BCUT2D eigenvalue weighted by Gasteiger charge is 2.20. The molecule has 2 rings (SSSR count). The molecule has 1 aromatic carbocycles. The van der Waals surface area contributed by atoms with Gasteiger partial charge in [0.2, 0.25) is 0 Å². The van der Waals surface area contributed by atoms with Gasteiger partial charge in [0.1, 0.15) is 11.5 Å². The quantitative estimate of drug-likeness (QED) is 0.887. The second-order valence-corrected chi connectivity index (χ2v) is 4.84. The fraction of sp³-hybridized carbons (Fsp3) is 0.600. The minimum atomic E-state index is 0.249. The van der Waals surface area contributed by atoms with E-state index in [1.807, 2.05) is 26.0 Å². The van der Waals surface area contributed by atoms with Gasteiger partial charge in [0.15, 0.2) is 0 Å². The van der Waals surface area contributed by atoms with Crippen LogP contribution in [0.3, 0.4) is 0 Å². The maximum Gasteiger partial charge on any atom is 0.142 e. The average Bonchev–Trinajstić information content (AvgIpc) is 2.41. The molecule has 0 aliphatic carbocycles. The van der Waals surface area contributed by atoms with Gasteiger partial charge in [-0.05, 0) is 38.8 Å². The summed E-state index contributed by atoms with van der Waals surface area (Å²) in [5, 5.41) is 0. The summed E-state index contributed by atoms with van der Waals surface area (Å²) < 4.78 is 11.3. The lowest BCUT2D eigenvalue weighted by Crippen LogP contribution is -2.43. The van der Waals surface area contributed by atoms with Gasteiger partial charge in [-0.2, -0.15) is 0 Å². The molecule has 19 heavy (non-hydrogen) atoms. The van der Waals surface area contributed by atoms with Gasteiger partial charge in [0, 0.05) is 25.2 Å². The number of piperidine rings is 1. The van der Waals surface area contributed by atoms with Crippen LogP contribution in [0.1, 0.15) is 26.7 Å². The van der Waals surface area contributed by atoms with Crippen molar-refractivity contribution in [1.29, 1.82) is 0 Å². The molecule has 2 N–H and O–H groups in total. The third-order valence-electron chi connectivity index (χ3n) is 3.34. The summed E-state index contributed by atoms with van der Waals surface area (Å²) in [6.45, 7) is 7.25. The topological polar surface area (TPSA) is 47.7 Å². The largest absolute Gasteiger partial charge is 0.494 e. The Balaban J connectivity index is 2.25. The second-order valence-electron chi connectivity index (χ2n) is 4.84. The van der Waals surface area contributed by atoms with E-state index >= 15 is 0 Å². The van der Waals surface area contributed by atoms with E-state index in [0.717, 1.165) is 43.1 Å². The highest BCUT2D eigenvalue weighted by Crippen LogP contribution is 2.34. The van der Waals surface area contributed by atoms with Gasteiger partial charge in [-0.15, -0.1) is 0 Å². The molecule has 0 saturated carbocycles. The van der Waals surface area contributed by atoms with E-state index in [1.165, 1.54) is 0 Å². The van der Waals surface area contributed by atoms with E-state index < -0.39 is 0 Å². The Labute approximate surface area is 115 Å². The molecule has 1 aromatic rings. The molecule has 1 aliphatic heterocycles. The maximum absolute atomic E-state index is 6.07. The number of hydrogen-bond acceptors (Lipinski definition) is 4. The molecular weight excluding hydrogens is 240 g/mol. The van der Waals surface area contributed by atoms with E-state index in [4.69, 9.17) is 15.2 Å². The molecule has 1 fully saturated rings. The predicted octanol–water partition coefficient (Wildman–Crippen LogP) is 2.41. The van der Waals surface area contributed by atoms with Crippen molar-refractivity contribution >= 4 is 5.69 Å². The van der Waals surface area contributed by atoms with E-state index in [0.29, 0.717) is 13.2 Å². The second kappa shape index (κ2) is 6.66. The Morgan fingerprint density at radius 1 is 1.26 bits per heavy atom. The molecule has 4 heteroatoms. The summed E-state index contributed by atoms with van der Waals surface area (Å²) >= 11 is 0. The van der Waals surface area contributed by atoms with E-state index in [2.05, 4.69) is 11.0 Å². The molecule has 0 aromatic heterocycles. The van der Waals surface area contributed by atoms with Crippen molar-refractivity contribution in [3.8, 4) is 11.5 Å². The molecule has 0 radical (unpaired) electrons. The van der Waals surface area contributed by atoms with Gasteiger partial charge >= 0.3 is 0 Å². The van der Waals surface area contributed by atoms with Gasteiger partial charge in [0.25, 0.3) is 0 Å². The lowest BCUT2D eigenvalue weighted by Gasteiger charge is -2.33. The first-order valence-corrected chi connectivity index (χ1v) is 7.14. The van der Waals surface area contributed by atoms with Crippen LogP contribution in [0.25, 0.3) is 0 Å². The number of ether oxygens (including phenoxy) is 2. The molecule has 1 heterocycles. The summed E-state index contributed by atoms with van der Waals surface area (Å²) in [6, 6.07) is 6.26. The van der Waals surface area contributed by atoms with Crippen molar-refractivity contribution in [1.82, 2.24) is 0 Å². The molecule has 0 amide bonds. The van der Waals surface area contributed by atoms with Crippen molar-refractivity contribution in [2.24, 2.45) is 5.73 Å². The van der Waals surface area contributed by atoms with E-state index in [-0.39, 0.29) is 6.04 Å². The van der Waals surface area contributed by atoms with Gasteiger partial charge in [-0.3, -0.25) is 0 Å². The van der Waals surface area contributed by atoms with Crippen LogP contribution >= 0.6 is 0 Å². The molecule has 1 aliphatic rings. The Bertz CT molecular complexity index is 409. The number of nitrogens with zero attached hydrogens (tertiary/aromatic N) is 1. The standard InChI is InChI=1S/C15H24N2O2/c1-3-18-13-7-8-15(19-4-2)14(10-13)17-9-5-6-12(16)11-17/h7-8,10,12H,3-6,9,11,16H2,1-2H3. The summed E-state index contributed by atoms with van der Waals surface area (Å²) in [5.41, 5.74) is 7.17. The number of rotatable bonds is 5. The first-order valence-electron chi connectivity index (χ1n) is 7.14. The number of anilines is 1. The Hall–Kier alpha value is -1.42. The van der Waals surface area contributed by atoms with E-state index in [1.54, 1.807) is 0 Å². The molecule has 106 valence electrons. The van der Waals surface area contributed by atoms with E-state index in [9.17, 15) is 0 Å². The predicted molar refractivity (Wildman–Crippen MR) is 78.2 cm³/mol. The minimum Gasteiger partial charge on any atom is -0.494 e. The van der Waals surface area contributed by atoms with Crippen molar-refractivity contribution in [3.05, 3.63) is 18.2 Å². The maximum atomic E-state index is 6.07. The van der Waals surface area contributed by atoms with Crippen LogP contribution in [0, 0.1) is 0 Å². The lowest BCUT2D eigenvalue weighted by molar-refractivity contribution is 0.330. The molecular formula is C15H24N2O2. The third kappa shape index (κ3) is 3.53. The zero-order valence-corrected chi connectivity index (χ0v) is 11.9. The van der Waals surface area contributed by atoms with Crippen LogP contribution in [0.5, 0.6) is 11.5 Å². The van der Waals surface area contributed by atoms with Crippen molar-refractivity contribution in [2.75, 3.05) is 31.2 Å². The average molecular weight is 264 g/mol. The third-order valence-corrected chi connectivity index (χ3v) is 3.34.